The van der Waals surface area contributed by atoms with Crippen molar-refractivity contribution in [2.75, 3.05) is 11.4 Å². The molecule has 1 N–H and O–H groups in total. The molecule has 24 heavy (non-hydrogen) atoms. The number of carbonyl (C=O) groups excluding carboxylic acids is 1. The Balaban J connectivity index is 1.84. The maximum absolute atomic E-state index is 12.2. The van der Waals surface area contributed by atoms with E-state index < -0.39 is 5.66 Å². The molecular formula is C20H19BrN2O. The second kappa shape index (κ2) is 5.21. The van der Waals surface area contributed by atoms with Gasteiger partial charge in [-0.3, -0.25) is 4.79 Å². The minimum Gasteiger partial charge on any atom is -0.335 e. The van der Waals surface area contributed by atoms with Gasteiger partial charge in [-0.2, -0.15) is 0 Å². The highest BCUT2D eigenvalue weighted by molar-refractivity contribution is 9.10. The first-order valence-electron chi connectivity index (χ1n) is 8.07. The van der Waals surface area contributed by atoms with Crippen LogP contribution in [0.25, 0.3) is 6.08 Å². The number of amides is 1. The summed E-state index contributed by atoms with van der Waals surface area (Å²) in [5, 5.41) is 3.24. The first-order chi connectivity index (χ1) is 11.4. The van der Waals surface area contributed by atoms with Gasteiger partial charge in [0.25, 0.3) is 0 Å². The Labute approximate surface area is 150 Å². The Morgan fingerprint density at radius 2 is 1.96 bits per heavy atom. The first-order valence-corrected chi connectivity index (χ1v) is 8.86. The molecule has 1 atom stereocenters. The zero-order valence-corrected chi connectivity index (χ0v) is 15.3. The molecule has 4 rings (SSSR count). The van der Waals surface area contributed by atoms with E-state index in [2.05, 4.69) is 82.5 Å². The third-order valence-corrected chi connectivity index (χ3v) is 5.74. The molecule has 0 saturated carbocycles. The molecule has 122 valence electrons. The standard InChI is InChI=1S/C20H19BrN2O/c1-19(2)16-8-3-4-9-17(16)23-13-18(24)22-20(19,23)11-10-14-6-5-7-15(21)12-14/h3-12H,13H2,1-2H3,(H,22,24)/b11-10+. The third kappa shape index (κ3) is 2.06. The van der Waals surface area contributed by atoms with E-state index in [9.17, 15) is 4.79 Å². The van der Waals surface area contributed by atoms with Gasteiger partial charge in [0.1, 0.15) is 5.66 Å². The normalized spacial score (nSPS) is 24.1. The number of nitrogens with one attached hydrogen (secondary N) is 1. The van der Waals surface area contributed by atoms with Crippen LogP contribution < -0.4 is 10.2 Å². The van der Waals surface area contributed by atoms with Crippen LogP contribution in [0, 0.1) is 0 Å². The lowest BCUT2D eigenvalue weighted by Crippen LogP contribution is -2.58. The molecule has 0 aliphatic carbocycles. The van der Waals surface area contributed by atoms with Gasteiger partial charge in [-0.15, -0.1) is 0 Å². The highest BCUT2D eigenvalue weighted by atomic mass is 79.9. The molecular weight excluding hydrogens is 364 g/mol. The fourth-order valence-corrected chi connectivity index (χ4v) is 4.38. The molecule has 0 spiro atoms. The summed E-state index contributed by atoms with van der Waals surface area (Å²) in [7, 11) is 0. The van der Waals surface area contributed by atoms with Gasteiger partial charge in [0.2, 0.25) is 5.91 Å². The number of halogens is 1. The number of benzene rings is 2. The molecule has 2 aliphatic heterocycles. The molecule has 0 radical (unpaired) electrons. The molecule has 1 amide bonds. The summed E-state index contributed by atoms with van der Waals surface area (Å²) >= 11 is 3.51. The maximum Gasteiger partial charge on any atom is 0.241 e. The van der Waals surface area contributed by atoms with E-state index in [-0.39, 0.29) is 11.3 Å². The van der Waals surface area contributed by atoms with Gasteiger partial charge in [0, 0.05) is 15.6 Å². The van der Waals surface area contributed by atoms with Crippen molar-refractivity contribution in [1.82, 2.24) is 5.32 Å². The molecule has 2 aromatic rings. The minimum atomic E-state index is -0.532. The molecule has 4 heteroatoms. The van der Waals surface area contributed by atoms with Crippen LogP contribution in [-0.4, -0.2) is 18.1 Å². The van der Waals surface area contributed by atoms with Crippen molar-refractivity contribution in [3.63, 3.8) is 0 Å². The zero-order chi connectivity index (χ0) is 16.9. The number of anilines is 1. The number of rotatable bonds is 2. The Bertz CT molecular complexity index is 858. The van der Waals surface area contributed by atoms with Crippen molar-refractivity contribution in [2.45, 2.75) is 24.9 Å². The van der Waals surface area contributed by atoms with Gasteiger partial charge < -0.3 is 10.2 Å². The molecule has 1 saturated heterocycles. The van der Waals surface area contributed by atoms with Crippen LogP contribution in [0.15, 0.2) is 59.1 Å². The Morgan fingerprint density at radius 3 is 2.75 bits per heavy atom. The molecule has 2 aromatic carbocycles. The van der Waals surface area contributed by atoms with Crippen LogP contribution in [0.1, 0.15) is 25.0 Å². The van der Waals surface area contributed by atoms with Crippen LogP contribution in [0.2, 0.25) is 0 Å². The van der Waals surface area contributed by atoms with Gasteiger partial charge in [-0.25, -0.2) is 0 Å². The SMILES string of the molecule is CC1(C)c2ccccc2N2CC(=O)NC21/C=C/c1cccc(Br)c1. The molecule has 3 nitrogen and oxygen atoms in total. The van der Waals surface area contributed by atoms with Crippen LogP contribution >= 0.6 is 15.9 Å². The fraction of sp³-hybridized carbons (Fsp3) is 0.250. The minimum absolute atomic E-state index is 0.0662. The topological polar surface area (TPSA) is 32.3 Å². The van der Waals surface area contributed by atoms with E-state index in [4.69, 9.17) is 0 Å². The number of para-hydroxylation sites is 1. The molecule has 1 unspecified atom stereocenters. The molecule has 0 aromatic heterocycles. The van der Waals surface area contributed by atoms with Gasteiger partial charge in [0.05, 0.1) is 6.54 Å². The molecule has 2 aliphatic rings. The summed E-state index contributed by atoms with van der Waals surface area (Å²) in [6.45, 7) is 4.79. The smallest absolute Gasteiger partial charge is 0.241 e. The number of carbonyl (C=O) groups is 1. The molecule has 2 heterocycles. The average molecular weight is 383 g/mol. The number of hydrogen-bond acceptors (Lipinski definition) is 2. The van der Waals surface area contributed by atoms with E-state index in [1.807, 2.05) is 18.2 Å². The third-order valence-electron chi connectivity index (χ3n) is 5.24. The highest BCUT2D eigenvalue weighted by Gasteiger charge is 2.59. The van der Waals surface area contributed by atoms with Crippen molar-refractivity contribution in [1.29, 1.82) is 0 Å². The number of hydrogen-bond donors (Lipinski definition) is 1. The quantitative estimate of drug-likeness (QED) is 0.848. The summed E-state index contributed by atoms with van der Waals surface area (Å²) in [6.07, 6.45) is 4.23. The highest BCUT2D eigenvalue weighted by Crippen LogP contribution is 2.52. The largest absolute Gasteiger partial charge is 0.335 e. The van der Waals surface area contributed by atoms with Gasteiger partial charge in [0.15, 0.2) is 0 Å². The summed E-state index contributed by atoms with van der Waals surface area (Å²) in [5.74, 6) is 0.0662. The Morgan fingerprint density at radius 1 is 1.17 bits per heavy atom. The van der Waals surface area contributed by atoms with Crippen molar-refractivity contribution in [3.8, 4) is 0 Å². The van der Waals surface area contributed by atoms with E-state index in [1.54, 1.807) is 0 Å². The maximum atomic E-state index is 12.2. The van der Waals surface area contributed by atoms with Crippen molar-refractivity contribution in [3.05, 3.63) is 70.2 Å². The zero-order valence-electron chi connectivity index (χ0n) is 13.7. The van der Waals surface area contributed by atoms with E-state index in [0.717, 1.165) is 15.7 Å². The Hall–Kier alpha value is -2.07. The van der Waals surface area contributed by atoms with E-state index >= 15 is 0 Å². The lowest BCUT2D eigenvalue weighted by molar-refractivity contribution is -0.118. The second-order valence-corrected chi connectivity index (χ2v) is 7.85. The monoisotopic (exact) mass is 382 g/mol. The second-order valence-electron chi connectivity index (χ2n) is 6.93. The summed E-state index contributed by atoms with van der Waals surface area (Å²) in [5.41, 5.74) is 2.75. The number of nitrogens with zero attached hydrogens (tertiary/aromatic N) is 1. The van der Waals surface area contributed by atoms with Crippen LogP contribution in [0.4, 0.5) is 5.69 Å². The Kier molecular flexibility index (Phi) is 3.36. The lowest BCUT2D eigenvalue weighted by atomic mass is 9.75. The van der Waals surface area contributed by atoms with E-state index in [0.29, 0.717) is 6.54 Å². The first kappa shape index (κ1) is 15.5. The predicted molar refractivity (Wildman–Crippen MR) is 101 cm³/mol. The van der Waals surface area contributed by atoms with Crippen molar-refractivity contribution in [2.24, 2.45) is 0 Å². The fourth-order valence-electron chi connectivity index (χ4n) is 3.97. The van der Waals surface area contributed by atoms with Crippen molar-refractivity contribution < 1.29 is 4.79 Å². The summed E-state index contributed by atoms with van der Waals surface area (Å²) in [6, 6.07) is 16.5. The van der Waals surface area contributed by atoms with Gasteiger partial charge >= 0.3 is 0 Å². The summed E-state index contributed by atoms with van der Waals surface area (Å²) in [4.78, 5) is 14.4. The van der Waals surface area contributed by atoms with Crippen LogP contribution in [0.5, 0.6) is 0 Å². The van der Waals surface area contributed by atoms with Crippen molar-refractivity contribution >= 4 is 33.6 Å². The molecule has 0 bridgehead atoms. The molecule has 1 fully saturated rings. The number of fused-ring (bicyclic) bond motifs is 3. The van der Waals surface area contributed by atoms with Gasteiger partial charge in [-0.05, 0) is 35.4 Å². The average Bonchev–Trinajstić information content (AvgIpc) is 2.98. The van der Waals surface area contributed by atoms with E-state index in [1.165, 1.54) is 5.56 Å². The predicted octanol–water partition coefficient (Wildman–Crippen LogP) is 4.09. The van der Waals surface area contributed by atoms with Crippen LogP contribution in [-0.2, 0) is 10.2 Å². The summed E-state index contributed by atoms with van der Waals surface area (Å²) < 4.78 is 1.04. The van der Waals surface area contributed by atoms with Crippen LogP contribution in [0.3, 0.4) is 0 Å². The lowest BCUT2D eigenvalue weighted by Gasteiger charge is -2.40. The van der Waals surface area contributed by atoms with Gasteiger partial charge in [-0.1, -0.05) is 66.2 Å².